The number of carbonyl (C=O) groups excluding carboxylic acids is 1. The highest BCUT2D eigenvalue weighted by atomic mass is 16.5. The van der Waals surface area contributed by atoms with Crippen LogP contribution in [-0.4, -0.2) is 30.0 Å². The van der Waals surface area contributed by atoms with Crippen molar-refractivity contribution in [3.63, 3.8) is 0 Å². The van der Waals surface area contributed by atoms with E-state index in [0.717, 1.165) is 23.7 Å². The summed E-state index contributed by atoms with van der Waals surface area (Å²) in [6.07, 6.45) is 6.94. The van der Waals surface area contributed by atoms with Crippen LogP contribution in [0.1, 0.15) is 31.2 Å². The van der Waals surface area contributed by atoms with Gasteiger partial charge in [-0.3, -0.25) is 4.79 Å². The smallest absolute Gasteiger partial charge is 0.284 e. The summed E-state index contributed by atoms with van der Waals surface area (Å²) in [5.74, 6) is 2.63. The molecule has 3 aliphatic rings. The van der Waals surface area contributed by atoms with Gasteiger partial charge < -0.3 is 4.74 Å². The highest BCUT2D eigenvalue weighted by Crippen LogP contribution is 2.47. The van der Waals surface area contributed by atoms with Crippen LogP contribution >= 0.6 is 0 Å². The lowest BCUT2D eigenvalue weighted by molar-refractivity contribution is -0.601. The lowest BCUT2D eigenvalue weighted by Gasteiger charge is -2.24. The molecule has 0 spiro atoms. The fraction of sp³-hybridized carbons (Fsp3) is 0.529. The molecule has 3 fully saturated rings. The Labute approximate surface area is 124 Å². The van der Waals surface area contributed by atoms with Crippen LogP contribution < -0.4 is 10.2 Å². The van der Waals surface area contributed by atoms with Crippen molar-refractivity contribution in [2.24, 2.45) is 17.8 Å². The Morgan fingerprint density at radius 2 is 2.14 bits per heavy atom. The van der Waals surface area contributed by atoms with Gasteiger partial charge in [-0.25, -0.2) is 0 Å². The number of nitrogens with zero attached hydrogens (tertiary/aromatic N) is 1. The SMILES string of the molecule is COc1ccccc1C=[N+]1NC(=O)C2CC3CCC(C3)C21. The maximum absolute atomic E-state index is 12.3. The highest BCUT2D eigenvalue weighted by molar-refractivity contribution is 5.84. The first-order chi connectivity index (χ1) is 10.3. The van der Waals surface area contributed by atoms with Crippen molar-refractivity contribution in [2.75, 3.05) is 7.11 Å². The number of hydrogen-bond donors (Lipinski definition) is 1. The average molecular weight is 285 g/mol. The molecule has 110 valence electrons. The molecule has 2 aliphatic carbocycles. The molecule has 1 heterocycles. The molecular formula is C17H21N2O2+. The number of hydrazine groups is 1. The van der Waals surface area contributed by atoms with E-state index < -0.39 is 0 Å². The second kappa shape index (κ2) is 4.86. The summed E-state index contributed by atoms with van der Waals surface area (Å²) < 4.78 is 7.46. The maximum Gasteiger partial charge on any atom is 0.284 e. The molecule has 4 rings (SSSR count). The number of para-hydroxylation sites is 1. The Balaban J connectivity index is 1.71. The molecule has 2 bridgehead atoms. The summed E-state index contributed by atoms with van der Waals surface area (Å²) >= 11 is 0. The molecule has 21 heavy (non-hydrogen) atoms. The van der Waals surface area contributed by atoms with Crippen LogP contribution in [0.2, 0.25) is 0 Å². The first-order valence-corrected chi connectivity index (χ1v) is 7.83. The summed E-state index contributed by atoms with van der Waals surface area (Å²) in [5, 5.41) is 0. The molecule has 1 amide bonds. The fourth-order valence-electron chi connectivity index (χ4n) is 4.47. The van der Waals surface area contributed by atoms with Crippen LogP contribution in [0.5, 0.6) is 5.75 Å². The molecule has 4 heteroatoms. The molecule has 1 aliphatic heterocycles. The summed E-state index contributed by atoms with van der Waals surface area (Å²) in [6.45, 7) is 0. The molecule has 0 radical (unpaired) electrons. The molecule has 1 saturated heterocycles. The van der Waals surface area contributed by atoms with Gasteiger partial charge in [0.15, 0.2) is 6.04 Å². The van der Waals surface area contributed by atoms with Gasteiger partial charge in [0.1, 0.15) is 11.7 Å². The first-order valence-electron chi connectivity index (χ1n) is 7.83. The number of nitrogens with one attached hydrogen (secondary N) is 1. The lowest BCUT2D eigenvalue weighted by Crippen LogP contribution is -2.38. The molecule has 4 unspecified atom stereocenters. The number of hydrazone groups is 1. The van der Waals surface area contributed by atoms with E-state index in [4.69, 9.17) is 4.74 Å². The number of hydrogen-bond acceptors (Lipinski definition) is 2. The van der Waals surface area contributed by atoms with Gasteiger partial charge in [-0.1, -0.05) is 12.1 Å². The van der Waals surface area contributed by atoms with Gasteiger partial charge in [0, 0.05) is 5.92 Å². The Hall–Kier alpha value is -1.84. The van der Waals surface area contributed by atoms with Gasteiger partial charge in [0.2, 0.25) is 6.21 Å². The second-order valence-electron chi connectivity index (χ2n) is 6.53. The quantitative estimate of drug-likeness (QED) is 0.844. The molecular weight excluding hydrogens is 264 g/mol. The van der Waals surface area contributed by atoms with E-state index in [1.807, 2.05) is 30.5 Å². The minimum Gasteiger partial charge on any atom is -0.496 e. The predicted molar refractivity (Wildman–Crippen MR) is 79.3 cm³/mol. The normalized spacial score (nSPS) is 35.7. The van der Waals surface area contributed by atoms with Crippen LogP contribution in [0.3, 0.4) is 0 Å². The van der Waals surface area contributed by atoms with E-state index in [0.29, 0.717) is 12.0 Å². The van der Waals surface area contributed by atoms with Crippen molar-refractivity contribution in [1.82, 2.24) is 5.43 Å². The molecule has 2 saturated carbocycles. The fourth-order valence-corrected chi connectivity index (χ4v) is 4.47. The summed E-state index contributed by atoms with van der Waals surface area (Å²) in [7, 11) is 1.68. The number of fused-ring (bicyclic) bond motifs is 4. The Kier molecular flexibility index (Phi) is 2.98. The third kappa shape index (κ3) is 2.04. The second-order valence-corrected chi connectivity index (χ2v) is 6.53. The third-order valence-corrected chi connectivity index (χ3v) is 5.38. The van der Waals surface area contributed by atoms with E-state index in [1.165, 1.54) is 19.3 Å². The minimum atomic E-state index is 0.169. The summed E-state index contributed by atoms with van der Waals surface area (Å²) in [4.78, 5) is 12.3. The Morgan fingerprint density at radius 1 is 1.29 bits per heavy atom. The summed E-state index contributed by atoms with van der Waals surface area (Å²) in [6, 6.07) is 8.26. The van der Waals surface area contributed by atoms with Crippen LogP contribution in [0.15, 0.2) is 24.3 Å². The average Bonchev–Trinajstić information content (AvgIpc) is 3.02. The Bertz CT molecular complexity index is 611. The van der Waals surface area contributed by atoms with Crippen LogP contribution in [0, 0.1) is 17.8 Å². The van der Waals surface area contributed by atoms with Crippen LogP contribution in [0.4, 0.5) is 0 Å². The molecule has 0 aromatic heterocycles. The monoisotopic (exact) mass is 285 g/mol. The standard InChI is InChI=1S/C17H20N2O2/c1-21-15-5-3-2-4-13(15)10-19-16-12-7-6-11(8-12)9-14(16)17(20)18-19/h2-5,10-12,14,16H,6-9H2,1H3/p+1. The lowest BCUT2D eigenvalue weighted by atomic mass is 9.77. The van der Waals surface area contributed by atoms with Crippen LogP contribution in [0.25, 0.3) is 0 Å². The highest BCUT2D eigenvalue weighted by Gasteiger charge is 2.56. The zero-order valence-corrected chi connectivity index (χ0v) is 12.3. The van der Waals surface area contributed by atoms with Crippen molar-refractivity contribution >= 4 is 12.1 Å². The van der Waals surface area contributed by atoms with E-state index in [9.17, 15) is 4.79 Å². The van der Waals surface area contributed by atoms with Gasteiger partial charge in [-0.2, -0.15) is 0 Å². The van der Waals surface area contributed by atoms with Crippen molar-refractivity contribution in [3.05, 3.63) is 29.8 Å². The van der Waals surface area contributed by atoms with Crippen LogP contribution in [-0.2, 0) is 4.79 Å². The van der Waals surface area contributed by atoms with E-state index in [2.05, 4.69) is 10.1 Å². The zero-order valence-electron chi connectivity index (χ0n) is 12.3. The van der Waals surface area contributed by atoms with Crippen molar-refractivity contribution in [2.45, 2.75) is 31.7 Å². The van der Waals surface area contributed by atoms with E-state index in [1.54, 1.807) is 7.11 Å². The number of methoxy groups -OCH3 is 1. The van der Waals surface area contributed by atoms with Gasteiger partial charge in [0.05, 0.1) is 12.7 Å². The summed E-state index contributed by atoms with van der Waals surface area (Å²) in [5.41, 5.74) is 4.08. The molecule has 1 N–H and O–H groups in total. The maximum atomic E-state index is 12.3. The number of rotatable bonds is 2. The Morgan fingerprint density at radius 3 is 3.00 bits per heavy atom. The first kappa shape index (κ1) is 12.9. The molecule has 1 aromatic carbocycles. The van der Waals surface area contributed by atoms with Gasteiger partial charge in [-0.15, -0.1) is 10.1 Å². The van der Waals surface area contributed by atoms with E-state index >= 15 is 0 Å². The molecule has 1 aromatic rings. The number of ether oxygens (including phenoxy) is 1. The van der Waals surface area contributed by atoms with Crippen molar-refractivity contribution in [3.8, 4) is 5.75 Å². The minimum absolute atomic E-state index is 0.169. The molecule has 4 nitrogen and oxygen atoms in total. The third-order valence-electron chi connectivity index (χ3n) is 5.38. The van der Waals surface area contributed by atoms with Gasteiger partial charge in [-0.05, 0) is 43.7 Å². The number of carbonyl (C=O) groups is 1. The van der Waals surface area contributed by atoms with E-state index in [-0.39, 0.29) is 11.8 Å². The number of benzene rings is 1. The predicted octanol–water partition coefficient (Wildman–Crippen LogP) is 1.98. The zero-order chi connectivity index (χ0) is 14.4. The van der Waals surface area contributed by atoms with Crippen molar-refractivity contribution < 1.29 is 14.2 Å². The largest absolute Gasteiger partial charge is 0.496 e. The topological polar surface area (TPSA) is 41.3 Å². The van der Waals surface area contributed by atoms with Gasteiger partial charge >= 0.3 is 0 Å². The van der Waals surface area contributed by atoms with Crippen molar-refractivity contribution in [1.29, 1.82) is 0 Å². The number of amides is 1. The van der Waals surface area contributed by atoms with Gasteiger partial charge in [0.25, 0.3) is 5.91 Å². The molecule has 4 atom stereocenters.